The van der Waals surface area contributed by atoms with Crippen LogP contribution in [0.1, 0.15) is 34.6 Å². The zero-order valence-electron chi connectivity index (χ0n) is 13.4. The molecule has 0 bridgehead atoms. The summed E-state index contributed by atoms with van der Waals surface area (Å²) in [6, 6.07) is 5.27. The molecule has 0 aliphatic carbocycles. The topological polar surface area (TPSA) is 106 Å². The van der Waals surface area contributed by atoms with E-state index in [1.165, 1.54) is 10.8 Å². The molecule has 0 saturated carbocycles. The molecule has 0 amide bonds. The minimum absolute atomic E-state index is 0.0449. The maximum atomic E-state index is 12.5. The van der Waals surface area contributed by atoms with E-state index in [2.05, 4.69) is 20.1 Å². The van der Waals surface area contributed by atoms with E-state index in [9.17, 15) is 8.78 Å². The Kier molecular flexibility index (Phi) is 4.52. The van der Waals surface area contributed by atoms with Crippen molar-refractivity contribution >= 4 is 11.6 Å². The van der Waals surface area contributed by atoms with Crippen LogP contribution in [0.15, 0.2) is 18.5 Å². The molecule has 0 aromatic carbocycles. The largest absolute Gasteiger partial charge is 0.383 e. The number of aromatic nitrogens is 5. The van der Waals surface area contributed by atoms with Gasteiger partial charge in [-0.3, -0.25) is 4.98 Å². The van der Waals surface area contributed by atoms with Crippen molar-refractivity contribution in [2.45, 2.75) is 32.6 Å². The number of hydrogen-bond donors (Lipinski definition) is 1. The zero-order chi connectivity index (χ0) is 18.0. The third kappa shape index (κ3) is 3.38. The van der Waals surface area contributed by atoms with Crippen LogP contribution >= 0.6 is 0 Å². The minimum Gasteiger partial charge on any atom is -0.383 e. The molecule has 0 fully saturated rings. The third-order valence-electron chi connectivity index (χ3n) is 3.88. The molecule has 3 aromatic rings. The van der Waals surface area contributed by atoms with E-state index in [0.717, 1.165) is 5.56 Å². The highest BCUT2D eigenvalue weighted by Gasteiger charge is 2.15. The second-order valence-electron chi connectivity index (χ2n) is 5.55. The Morgan fingerprint density at radius 1 is 1.32 bits per heavy atom. The van der Waals surface area contributed by atoms with Crippen LogP contribution < -0.4 is 5.73 Å². The van der Waals surface area contributed by atoms with Gasteiger partial charge in [-0.15, -0.1) is 0 Å². The predicted molar refractivity (Wildman–Crippen MR) is 86.0 cm³/mol. The number of aryl methyl sites for hydroxylation is 2. The lowest BCUT2D eigenvalue weighted by Crippen LogP contribution is -2.10. The number of fused-ring (bicyclic) bond motifs is 1. The molecule has 7 nitrogen and oxygen atoms in total. The van der Waals surface area contributed by atoms with Crippen molar-refractivity contribution in [1.29, 1.82) is 5.26 Å². The molecular weight excluding hydrogens is 328 g/mol. The van der Waals surface area contributed by atoms with Gasteiger partial charge in [0, 0.05) is 29.8 Å². The summed E-state index contributed by atoms with van der Waals surface area (Å²) in [5.41, 5.74) is 8.87. The molecule has 0 aliphatic heterocycles. The Morgan fingerprint density at radius 2 is 2.12 bits per heavy atom. The Bertz CT molecular complexity index is 959. The molecule has 3 heterocycles. The number of nitrogens with zero attached hydrogens (tertiary/aromatic N) is 6. The number of pyridine rings is 1. The van der Waals surface area contributed by atoms with Crippen molar-refractivity contribution in [2.75, 3.05) is 5.73 Å². The van der Waals surface area contributed by atoms with Crippen LogP contribution in [0.3, 0.4) is 0 Å². The molecule has 0 atom stereocenters. The zero-order valence-corrected chi connectivity index (χ0v) is 13.4. The first-order valence-electron chi connectivity index (χ1n) is 7.61. The minimum atomic E-state index is -2.44. The summed E-state index contributed by atoms with van der Waals surface area (Å²) >= 11 is 0. The number of halogens is 2. The van der Waals surface area contributed by atoms with E-state index in [1.54, 1.807) is 12.1 Å². The molecule has 3 rings (SSSR count). The molecule has 9 heteroatoms. The first-order chi connectivity index (χ1) is 12.0. The van der Waals surface area contributed by atoms with Crippen molar-refractivity contribution in [3.8, 4) is 6.07 Å². The maximum Gasteiger partial charge on any atom is 0.254 e. The van der Waals surface area contributed by atoms with Crippen LogP contribution in [0.5, 0.6) is 0 Å². The van der Waals surface area contributed by atoms with Gasteiger partial charge in [0.15, 0.2) is 0 Å². The van der Waals surface area contributed by atoms with E-state index in [4.69, 9.17) is 11.0 Å². The number of nitrogen functional groups attached to an aromatic ring is 1. The average Bonchev–Trinajstić information content (AvgIpc) is 3.05. The Balaban J connectivity index is 1.95. The normalized spacial score (nSPS) is 11.2. The van der Waals surface area contributed by atoms with Crippen LogP contribution in [0.2, 0.25) is 0 Å². The molecule has 25 heavy (non-hydrogen) atoms. The number of nitrogens with two attached hydrogens (primary N) is 1. The molecule has 0 unspecified atom stereocenters. The summed E-state index contributed by atoms with van der Waals surface area (Å²) in [6.45, 7) is 1.81. The van der Waals surface area contributed by atoms with Gasteiger partial charge < -0.3 is 5.73 Å². The van der Waals surface area contributed by atoms with Crippen molar-refractivity contribution in [2.24, 2.45) is 0 Å². The van der Waals surface area contributed by atoms with Gasteiger partial charge in [0.2, 0.25) is 6.43 Å². The lowest BCUT2D eigenvalue weighted by Gasteiger charge is -2.11. The second-order valence-corrected chi connectivity index (χ2v) is 5.55. The van der Waals surface area contributed by atoms with Crippen LogP contribution in [0.4, 0.5) is 14.6 Å². The van der Waals surface area contributed by atoms with Gasteiger partial charge in [0.25, 0.3) is 5.78 Å². The number of anilines is 1. The van der Waals surface area contributed by atoms with Crippen molar-refractivity contribution < 1.29 is 8.78 Å². The number of nitriles is 1. The van der Waals surface area contributed by atoms with E-state index in [-0.39, 0.29) is 12.8 Å². The summed E-state index contributed by atoms with van der Waals surface area (Å²) in [7, 11) is 0. The van der Waals surface area contributed by atoms with Gasteiger partial charge in [-0.05, 0) is 25.5 Å². The smallest absolute Gasteiger partial charge is 0.254 e. The standard InChI is InChI=1S/C16H15F2N7/c1-9-12(15(20)25-16(23-9)21-8-22-25)6-11-3-2-10(7-19)13(24-11)4-5-14(17)18/h2-3,8,14H,4-6,20H2,1H3. The summed E-state index contributed by atoms with van der Waals surface area (Å²) in [4.78, 5) is 12.7. The Hall–Kier alpha value is -3.15. The van der Waals surface area contributed by atoms with E-state index >= 15 is 0 Å². The highest BCUT2D eigenvalue weighted by Crippen LogP contribution is 2.20. The molecule has 0 radical (unpaired) electrons. The lowest BCUT2D eigenvalue weighted by molar-refractivity contribution is 0.137. The molecule has 3 aromatic heterocycles. The van der Waals surface area contributed by atoms with Crippen LogP contribution in [-0.4, -0.2) is 31.0 Å². The Labute approximate surface area is 142 Å². The third-order valence-corrected chi connectivity index (χ3v) is 3.88. The van der Waals surface area contributed by atoms with Gasteiger partial charge >= 0.3 is 0 Å². The predicted octanol–water partition coefficient (Wildman–Crippen LogP) is 2.07. The van der Waals surface area contributed by atoms with Crippen LogP contribution in [0, 0.1) is 18.3 Å². The number of hydrogen-bond acceptors (Lipinski definition) is 6. The summed E-state index contributed by atoms with van der Waals surface area (Å²) in [5.74, 6) is 0.810. The number of rotatable bonds is 5. The van der Waals surface area contributed by atoms with Crippen LogP contribution in [-0.2, 0) is 12.8 Å². The van der Waals surface area contributed by atoms with Crippen molar-refractivity contribution in [3.63, 3.8) is 0 Å². The van der Waals surface area contributed by atoms with Crippen molar-refractivity contribution in [1.82, 2.24) is 24.6 Å². The average molecular weight is 343 g/mol. The second kappa shape index (κ2) is 6.76. The van der Waals surface area contributed by atoms with Gasteiger partial charge in [-0.25, -0.2) is 13.8 Å². The summed E-state index contributed by atoms with van der Waals surface area (Å²) in [6.07, 6.45) is -1.01. The maximum absolute atomic E-state index is 12.5. The Morgan fingerprint density at radius 3 is 2.84 bits per heavy atom. The van der Waals surface area contributed by atoms with E-state index in [1.807, 2.05) is 13.0 Å². The molecule has 0 saturated heterocycles. The monoisotopic (exact) mass is 343 g/mol. The fraction of sp³-hybridized carbons (Fsp3) is 0.312. The van der Waals surface area contributed by atoms with Crippen molar-refractivity contribution in [3.05, 3.63) is 46.7 Å². The molecule has 2 N–H and O–H groups in total. The van der Waals surface area contributed by atoms with Gasteiger partial charge in [0.05, 0.1) is 11.3 Å². The summed E-state index contributed by atoms with van der Waals surface area (Å²) < 4.78 is 26.4. The highest BCUT2D eigenvalue weighted by molar-refractivity contribution is 5.50. The fourth-order valence-electron chi connectivity index (χ4n) is 2.60. The quantitative estimate of drug-likeness (QED) is 0.760. The van der Waals surface area contributed by atoms with E-state index < -0.39 is 6.43 Å². The highest BCUT2D eigenvalue weighted by atomic mass is 19.3. The van der Waals surface area contributed by atoms with Gasteiger partial charge in [-0.2, -0.15) is 19.9 Å². The molecular formula is C16H15F2N7. The summed E-state index contributed by atoms with van der Waals surface area (Å²) in [5, 5.41) is 13.1. The first kappa shape index (κ1) is 16.7. The molecule has 0 aliphatic rings. The molecule has 128 valence electrons. The van der Waals surface area contributed by atoms with Gasteiger partial charge in [0.1, 0.15) is 18.2 Å². The molecule has 0 spiro atoms. The lowest BCUT2D eigenvalue weighted by atomic mass is 10.1. The first-order valence-corrected chi connectivity index (χ1v) is 7.61. The number of alkyl halides is 2. The SMILES string of the molecule is Cc1nc2ncnn2c(N)c1Cc1ccc(C#N)c(CCC(F)F)n1. The van der Waals surface area contributed by atoms with Gasteiger partial charge in [-0.1, -0.05) is 0 Å². The van der Waals surface area contributed by atoms with E-state index in [0.29, 0.717) is 40.7 Å². The fourth-order valence-corrected chi connectivity index (χ4v) is 2.60. The van der Waals surface area contributed by atoms with Crippen LogP contribution in [0.25, 0.3) is 5.78 Å².